The van der Waals surface area contributed by atoms with Crippen molar-refractivity contribution in [2.24, 2.45) is 10.2 Å². The van der Waals surface area contributed by atoms with Crippen LogP contribution in [0.3, 0.4) is 0 Å². The molecule has 70 valence electrons. The highest BCUT2D eigenvalue weighted by Crippen LogP contribution is 2.38. The van der Waals surface area contributed by atoms with Crippen LogP contribution in [0.25, 0.3) is 0 Å². The summed E-state index contributed by atoms with van der Waals surface area (Å²) < 4.78 is 1.76. The van der Waals surface area contributed by atoms with Gasteiger partial charge in [-0.15, -0.1) is 16.9 Å². The second-order valence-corrected chi connectivity index (χ2v) is 4.02. The van der Waals surface area contributed by atoms with Gasteiger partial charge < -0.3 is 5.73 Å². The van der Waals surface area contributed by atoms with Crippen LogP contribution >= 0.6 is 11.8 Å². The summed E-state index contributed by atoms with van der Waals surface area (Å²) in [5.74, 6) is 1.66. The zero-order valence-electron chi connectivity index (χ0n) is 7.56. The van der Waals surface area contributed by atoms with Crippen molar-refractivity contribution < 1.29 is 0 Å². The smallest absolute Gasteiger partial charge is 0.199 e. The molecule has 1 aromatic rings. The highest BCUT2D eigenvalue weighted by molar-refractivity contribution is 7.99. The van der Waals surface area contributed by atoms with Crippen LogP contribution in [0.2, 0.25) is 0 Å². The Bertz CT molecular complexity index is 356. The number of nitrogens with zero attached hydrogens (tertiary/aromatic N) is 4. The third kappa shape index (κ3) is 1.21. The minimum Gasteiger partial charge on any atom is -0.393 e. The van der Waals surface area contributed by atoms with E-state index in [1.807, 2.05) is 6.92 Å². The van der Waals surface area contributed by atoms with Gasteiger partial charge in [0.15, 0.2) is 12.0 Å². The molecular weight excluding hydrogens is 186 g/mol. The van der Waals surface area contributed by atoms with Gasteiger partial charge >= 0.3 is 0 Å². The molecule has 0 spiro atoms. The quantitative estimate of drug-likeness (QED) is 0.739. The van der Waals surface area contributed by atoms with Gasteiger partial charge in [0.05, 0.1) is 0 Å². The van der Waals surface area contributed by atoms with E-state index in [4.69, 9.17) is 5.73 Å². The normalized spacial score (nSPS) is 19.4. The van der Waals surface area contributed by atoms with Gasteiger partial charge in [-0.05, 0) is 12.7 Å². The number of hydrogen-bond acceptors (Lipinski definition) is 5. The predicted octanol–water partition coefficient (Wildman–Crippen LogP) is 2.19. The lowest BCUT2D eigenvalue weighted by atomic mass is 10.5. The standard InChI is InChI=1S/C7H11N5S/c1-3-13-7-5(8)6-10-9-4(2)12(6)11-7/h4H,3,8H2,1-2H3. The first-order valence-corrected chi connectivity index (χ1v) is 5.14. The van der Waals surface area contributed by atoms with Gasteiger partial charge in [0.25, 0.3) is 0 Å². The van der Waals surface area contributed by atoms with Crippen LogP contribution in [0.4, 0.5) is 11.5 Å². The number of anilines is 1. The van der Waals surface area contributed by atoms with E-state index in [-0.39, 0.29) is 6.17 Å². The lowest BCUT2D eigenvalue weighted by Crippen LogP contribution is -1.98. The Labute approximate surface area is 80.4 Å². The number of fused-ring (bicyclic) bond motifs is 1. The number of rotatable bonds is 2. The lowest BCUT2D eigenvalue weighted by molar-refractivity contribution is 0.527. The molecule has 0 saturated heterocycles. The maximum atomic E-state index is 5.85. The first kappa shape index (κ1) is 8.55. The minimum absolute atomic E-state index is 0.0106. The molecule has 2 heterocycles. The minimum atomic E-state index is -0.0106. The average molecular weight is 197 g/mol. The van der Waals surface area contributed by atoms with E-state index in [9.17, 15) is 0 Å². The molecule has 0 aromatic carbocycles. The Morgan fingerprint density at radius 1 is 1.62 bits per heavy atom. The first-order valence-electron chi connectivity index (χ1n) is 4.15. The molecule has 2 rings (SSSR count). The van der Waals surface area contributed by atoms with E-state index < -0.39 is 0 Å². The number of nitrogen functional groups attached to an aromatic ring is 1. The zero-order chi connectivity index (χ0) is 9.42. The fourth-order valence-corrected chi connectivity index (χ4v) is 1.87. The summed E-state index contributed by atoms with van der Waals surface area (Å²) in [4.78, 5) is 0. The number of nitrogens with two attached hydrogens (primary N) is 1. The van der Waals surface area contributed by atoms with Crippen molar-refractivity contribution in [3.63, 3.8) is 0 Å². The van der Waals surface area contributed by atoms with Crippen molar-refractivity contribution in [1.82, 2.24) is 9.78 Å². The van der Waals surface area contributed by atoms with Crippen LogP contribution in [0.15, 0.2) is 15.3 Å². The highest BCUT2D eigenvalue weighted by atomic mass is 32.2. The molecule has 0 aliphatic carbocycles. The summed E-state index contributed by atoms with van der Waals surface area (Å²) in [6.45, 7) is 4.01. The number of azo groups is 1. The van der Waals surface area contributed by atoms with Gasteiger partial charge in [-0.1, -0.05) is 6.92 Å². The van der Waals surface area contributed by atoms with Gasteiger partial charge in [0.2, 0.25) is 0 Å². The van der Waals surface area contributed by atoms with E-state index >= 15 is 0 Å². The molecule has 0 radical (unpaired) electrons. The molecule has 1 aromatic heterocycles. The highest BCUT2D eigenvalue weighted by Gasteiger charge is 2.22. The van der Waals surface area contributed by atoms with Crippen LogP contribution in [-0.2, 0) is 0 Å². The SMILES string of the molecule is CCSc1nn2c(c1N)N=NC2C. The van der Waals surface area contributed by atoms with Crippen molar-refractivity contribution in [3.8, 4) is 0 Å². The third-order valence-electron chi connectivity index (χ3n) is 1.84. The molecule has 0 amide bonds. The van der Waals surface area contributed by atoms with Crippen LogP contribution in [0.5, 0.6) is 0 Å². The molecule has 1 unspecified atom stereocenters. The van der Waals surface area contributed by atoms with Crippen LogP contribution < -0.4 is 5.73 Å². The monoisotopic (exact) mass is 197 g/mol. The summed E-state index contributed by atoms with van der Waals surface area (Å²) in [6.07, 6.45) is -0.0106. The van der Waals surface area contributed by atoms with E-state index in [0.29, 0.717) is 11.5 Å². The van der Waals surface area contributed by atoms with Gasteiger partial charge in [-0.3, -0.25) is 0 Å². The fourth-order valence-electron chi connectivity index (χ4n) is 1.21. The Morgan fingerprint density at radius 2 is 2.38 bits per heavy atom. The zero-order valence-corrected chi connectivity index (χ0v) is 8.38. The largest absolute Gasteiger partial charge is 0.393 e. The van der Waals surface area contributed by atoms with Gasteiger partial charge in [0.1, 0.15) is 10.7 Å². The second-order valence-electron chi connectivity index (χ2n) is 2.77. The third-order valence-corrected chi connectivity index (χ3v) is 2.71. The molecule has 1 aliphatic heterocycles. The number of hydrogen-bond donors (Lipinski definition) is 1. The Hall–Kier alpha value is -1.04. The van der Waals surface area contributed by atoms with E-state index in [1.165, 1.54) is 0 Å². The van der Waals surface area contributed by atoms with Gasteiger partial charge in [-0.2, -0.15) is 10.2 Å². The fraction of sp³-hybridized carbons (Fsp3) is 0.571. The molecule has 13 heavy (non-hydrogen) atoms. The molecule has 1 aliphatic rings. The second kappa shape index (κ2) is 3.02. The molecule has 0 saturated carbocycles. The van der Waals surface area contributed by atoms with Crippen LogP contribution in [0, 0.1) is 0 Å². The summed E-state index contributed by atoms with van der Waals surface area (Å²) in [5, 5.41) is 13.1. The molecule has 0 fully saturated rings. The predicted molar refractivity (Wildman–Crippen MR) is 52.3 cm³/mol. The van der Waals surface area contributed by atoms with Crippen molar-refractivity contribution >= 4 is 23.3 Å². The summed E-state index contributed by atoms with van der Waals surface area (Å²) >= 11 is 1.63. The lowest BCUT2D eigenvalue weighted by Gasteiger charge is -1.97. The van der Waals surface area contributed by atoms with Gasteiger partial charge in [-0.25, -0.2) is 4.68 Å². The molecule has 6 heteroatoms. The summed E-state index contributed by atoms with van der Waals surface area (Å²) in [5.41, 5.74) is 6.50. The first-order chi connectivity index (χ1) is 6.24. The molecule has 0 bridgehead atoms. The molecule has 5 nitrogen and oxygen atoms in total. The Balaban J connectivity index is 2.42. The van der Waals surface area contributed by atoms with Crippen molar-refractivity contribution in [3.05, 3.63) is 0 Å². The van der Waals surface area contributed by atoms with Crippen molar-refractivity contribution in [2.45, 2.75) is 25.0 Å². The molecule has 1 atom stereocenters. The van der Waals surface area contributed by atoms with E-state index in [1.54, 1.807) is 16.4 Å². The van der Waals surface area contributed by atoms with E-state index in [0.717, 1.165) is 10.8 Å². The van der Waals surface area contributed by atoms with Crippen molar-refractivity contribution in [1.29, 1.82) is 0 Å². The van der Waals surface area contributed by atoms with E-state index in [2.05, 4.69) is 22.3 Å². The van der Waals surface area contributed by atoms with Crippen molar-refractivity contribution in [2.75, 3.05) is 11.5 Å². The topological polar surface area (TPSA) is 68.6 Å². The molecular formula is C7H11N5S. The molecule has 2 N–H and O–H groups in total. The van der Waals surface area contributed by atoms with Crippen LogP contribution in [0.1, 0.15) is 20.0 Å². The number of thioether (sulfide) groups is 1. The van der Waals surface area contributed by atoms with Gasteiger partial charge in [0, 0.05) is 0 Å². The maximum absolute atomic E-state index is 5.85. The summed E-state index contributed by atoms with van der Waals surface area (Å²) in [6, 6.07) is 0. The maximum Gasteiger partial charge on any atom is 0.199 e. The average Bonchev–Trinajstić information content (AvgIpc) is 2.59. The Kier molecular flexibility index (Phi) is 1.99. The summed E-state index contributed by atoms with van der Waals surface area (Å²) in [7, 11) is 0. The number of aromatic nitrogens is 2. The Morgan fingerprint density at radius 3 is 3.00 bits per heavy atom. The van der Waals surface area contributed by atoms with Crippen LogP contribution in [-0.4, -0.2) is 15.5 Å².